The standard InChI is InChI=1S/C17H27ClN4.HI/c1-3-22-10-8-15(13-22)12-21-17(19-2)20-9-7-14-5-4-6-16(18)11-14;/h4-6,11,15H,3,7-10,12-13H2,1-2H3,(H2,19,20,21);1H. The van der Waals surface area contributed by atoms with E-state index < -0.39 is 0 Å². The minimum absolute atomic E-state index is 0. The molecule has 0 aromatic heterocycles. The summed E-state index contributed by atoms with van der Waals surface area (Å²) in [5.74, 6) is 1.61. The van der Waals surface area contributed by atoms with Crippen LogP contribution < -0.4 is 10.6 Å². The van der Waals surface area contributed by atoms with Crippen LogP contribution in [-0.2, 0) is 6.42 Å². The number of hydrogen-bond donors (Lipinski definition) is 2. The van der Waals surface area contributed by atoms with Crippen LogP contribution in [0, 0.1) is 5.92 Å². The Hall–Kier alpha value is -0.530. The summed E-state index contributed by atoms with van der Waals surface area (Å²) in [5.41, 5.74) is 1.24. The first-order valence-electron chi connectivity index (χ1n) is 8.12. The van der Waals surface area contributed by atoms with Crippen molar-refractivity contribution >= 4 is 41.5 Å². The summed E-state index contributed by atoms with van der Waals surface area (Å²) in [7, 11) is 1.82. The van der Waals surface area contributed by atoms with Crippen LogP contribution in [0.3, 0.4) is 0 Å². The highest BCUT2D eigenvalue weighted by molar-refractivity contribution is 14.0. The van der Waals surface area contributed by atoms with Gasteiger partial charge in [-0.15, -0.1) is 24.0 Å². The summed E-state index contributed by atoms with van der Waals surface area (Å²) >= 11 is 6.00. The van der Waals surface area contributed by atoms with E-state index in [2.05, 4.69) is 33.5 Å². The minimum atomic E-state index is 0. The molecule has 6 heteroatoms. The number of likely N-dealkylation sites (tertiary alicyclic amines) is 1. The molecular formula is C17H28ClIN4. The van der Waals surface area contributed by atoms with Gasteiger partial charge in [-0.3, -0.25) is 4.99 Å². The average molecular weight is 451 g/mol. The molecule has 1 aliphatic heterocycles. The number of nitrogens with one attached hydrogen (secondary N) is 2. The lowest BCUT2D eigenvalue weighted by atomic mass is 10.1. The fourth-order valence-corrected chi connectivity index (χ4v) is 3.06. The van der Waals surface area contributed by atoms with Crippen LogP contribution in [0.4, 0.5) is 0 Å². The van der Waals surface area contributed by atoms with Gasteiger partial charge in [0.1, 0.15) is 0 Å². The third-order valence-electron chi connectivity index (χ3n) is 4.19. The van der Waals surface area contributed by atoms with Gasteiger partial charge in [0.2, 0.25) is 0 Å². The number of hydrogen-bond acceptors (Lipinski definition) is 2. The lowest BCUT2D eigenvalue weighted by Gasteiger charge is -2.16. The zero-order valence-electron chi connectivity index (χ0n) is 14.0. The highest BCUT2D eigenvalue weighted by Crippen LogP contribution is 2.14. The zero-order chi connectivity index (χ0) is 15.8. The summed E-state index contributed by atoms with van der Waals surface area (Å²) in [5, 5.41) is 7.60. The molecule has 1 aromatic carbocycles. The SMILES string of the molecule is CCN1CCC(CNC(=NC)NCCc2cccc(Cl)c2)C1.I. The van der Waals surface area contributed by atoms with Crippen molar-refractivity contribution in [1.82, 2.24) is 15.5 Å². The molecule has 1 saturated heterocycles. The van der Waals surface area contributed by atoms with Crippen LogP contribution in [0.2, 0.25) is 5.02 Å². The van der Waals surface area contributed by atoms with Crippen LogP contribution in [0.5, 0.6) is 0 Å². The van der Waals surface area contributed by atoms with Gasteiger partial charge in [-0.25, -0.2) is 0 Å². The largest absolute Gasteiger partial charge is 0.356 e. The molecule has 1 aromatic rings. The Morgan fingerprint density at radius 2 is 2.22 bits per heavy atom. The molecule has 2 rings (SSSR count). The Morgan fingerprint density at radius 1 is 1.39 bits per heavy atom. The van der Waals surface area contributed by atoms with Crippen LogP contribution >= 0.6 is 35.6 Å². The van der Waals surface area contributed by atoms with E-state index in [-0.39, 0.29) is 24.0 Å². The van der Waals surface area contributed by atoms with Gasteiger partial charge in [0, 0.05) is 31.7 Å². The van der Waals surface area contributed by atoms with Gasteiger partial charge in [0.05, 0.1) is 0 Å². The first-order chi connectivity index (χ1) is 10.7. The lowest BCUT2D eigenvalue weighted by Crippen LogP contribution is -2.41. The van der Waals surface area contributed by atoms with Crippen molar-refractivity contribution in [2.24, 2.45) is 10.9 Å². The molecular weight excluding hydrogens is 423 g/mol. The Kier molecular flexibility index (Phi) is 9.90. The van der Waals surface area contributed by atoms with Gasteiger partial charge in [0.15, 0.2) is 5.96 Å². The Morgan fingerprint density at radius 3 is 2.87 bits per heavy atom. The minimum Gasteiger partial charge on any atom is -0.356 e. The number of benzene rings is 1. The fraction of sp³-hybridized carbons (Fsp3) is 0.588. The molecule has 0 amide bonds. The second kappa shape index (κ2) is 11.1. The second-order valence-corrected chi connectivity index (χ2v) is 6.24. The Bertz CT molecular complexity index is 495. The normalized spacial score (nSPS) is 18.6. The molecule has 0 saturated carbocycles. The highest BCUT2D eigenvalue weighted by atomic mass is 127. The molecule has 1 unspecified atom stereocenters. The van der Waals surface area contributed by atoms with Crippen molar-refractivity contribution < 1.29 is 0 Å². The van der Waals surface area contributed by atoms with Crippen molar-refractivity contribution in [3.8, 4) is 0 Å². The van der Waals surface area contributed by atoms with Crippen LogP contribution in [0.1, 0.15) is 18.9 Å². The smallest absolute Gasteiger partial charge is 0.190 e. The predicted molar refractivity (Wildman–Crippen MR) is 110 cm³/mol. The topological polar surface area (TPSA) is 39.7 Å². The quantitative estimate of drug-likeness (QED) is 0.398. The predicted octanol–water partition coefficient (Wildman–Crippen LogP) is 3.01. The summed E-state index contributed by atoms with van der Waals surface area (Å²) < 4.78 is 0. The second-order valence-electron chi connectivity index (χ2n) is 5.81. The van der Waals surface area contributed by atoms with Gasteiger partial charge in [-0.1, -0.05) is 30.7 Å². The highest BCUT2D eigenvalue weighted by Gasteiger charge is 2.20. The Balaban J connectivity index is 0.00000264. The van der Waals surface area contributed by atoms with Gasteiger partial charge >= 0.3 is 0 Å². The molecule has 130 valence electrons. The number of rotatable bonds is 6. The molecule has 0 aliphatic carbocycles. The van der Waals surface area contributed by atoms with E-state index in [0.29, 0.717) is 0 Å². The maximum Gasteiger partial charge on any atom is 0.190 e. The third-order valence-corrected chi connectivity index (χ3v) is 4.43. The summed E-state index contributed by atoms with van der Waals surface area (Å²) in [6.45, 7) is 7.65. The molecule has 1 heterocycles. The monoisotopic (exact) mass is 450 g/mol. The molecule has 1 fully saturated rings. The summed E-state index contributed by atoms with van der Waals surface area (Å²) in [4.78, 5) is 6.79. The van der Waals surface area contributed by atoms with Crippen molar-refractivity contribution in [2.45, 2.75) is 19.8 Å². The van der Waals surface area contributed by atoms with Crippen molar-refractivity contribution in [3.63, 3.8) is 0 Å². The maximum atomic E-state index is 6.00. The van der Waals surface area contributed by atoms with Crippen molar-refractivity contribution in [3.05, 3.63) is 34.9 Å². The molecule has 4 nitrogen and oxygen atoms in total. The molecule has 0 spiro atoms. The molecule has 2 N–H and O–H groups in total. The lowest BCUT2D eigenvalue weighted by molar-refractivity contribution is 0.342. The van der Waals surface area contributed by atoms with Crippen LogP contribution in [0.25, 0.3) is 0 Å². The van der Waals surface area contributed by atoms with E-state index in [9.17, 15) is 0 Å². The maximum absolute atomic E-state index is 6.00. The van der Waals surface area contributed by atoms with E-state index in [4.69, 9.17) is 11.6 Å². The van der Waals surface area contributed by atoms with Gasteiger partial charge < -0.3 is 15.5 Å². The van der Waals surface area contributed by atoms with Gasteiger partial charge in [-0.05, 0) is 49.5 Å². The third kappa shape index (κ3) is 7.27. The molecule has 0 radical (unpaired) electrons. The molecule has 1 aliphatic rings. The van der Waals surface area contributed by atoms with Crippen LogP contribution in [0.15, 0.2) is 29.3 Å². The van der Waals surface area contributed by atoms with E-state index >= 15 is 0 Å². The number of guanidine groups is 1. The van der Waals surface area contributed by atoms with Crippen molar-refractivity contribution in [1.29, 1.82) is 0 Å². The number of nitrogens with zero attached hydrogens (tertiary/aromatic N) is 2. The van der Waals surface area contributed by atoms with Crippen LogP contribution in [-0.4, -0.2) is 50.6 Å². The fourth-order valence-electron chi connectivity index (χ4n) is 2.85. The molecule has 23 heavy (non-hydrogen) atoms. The number of halogens is 2. The zero-order valence-corrected chi connectivity index (χ0v) is 17.1. The van der Waals surface area contributed by atoms with E-state index in [1.807, 2.05) is 25.2 Å². The first-order valence-corrected chi connectivity index (χ1v) is 8.50. The van der Waals surface area contributed by atoms with E-state index in [1.165, 1.54) is 25.1 Å². The molecule has 1 atom stereocenters. The molecule has 0 bridgehead atoms. The van der Waals surface area contributed by atoms with Gasteiger partial charge in [-0.2, -0.15) is 0 Å². The number of aliphatic imine (C=N–C) groups is 1. The average Bonchev–Trinajstić information content (AvgIpc) is 2.99. The Labute approximate surface area is 162 Å². The first kappa shape index (κ1) is 20.5. The van der Waals surface area contributed by atoms with E-state index in [1.54, 1.807) is 0 Å². The van der Waals surface area contributed by atoms with E-state index in [0.717, 1.165) is 43.0 Å². The van der Waals surface area contributed by atoms with Crippen molar-refractivity contribution in [2.75, 3.05) is 39.8 Å². The van der Waals surface area contributed by atoms with Gasteiger partial charge in [0.25, 0.3) is 0 Å². The summed E-state index contributed by atoms with van der Waals surface area (Å²) in [6.07, 6.45) is 2.22. The summed E-state index contributed by atoms with van der Waals surface area (Å²) in [6, 6.07) is 8.00.